The Morgan fingerprint density at radius 3 is 2.26 bits per heavy atom. The van der Waals surface area contributed by atoms with E-state index in [0.29, 0.717) is 11.1 Å². The molecule has 0 aliphatic rings. The minimum absolute atomic E-state index is 0.00147. The van der Waals surface area contributed by atoms with E-state index >= 15 is 0 Å². The molecule has 7 nitrogen and oxygen atoms in total. The van der Waals surface area contributed by atoms with Crippen LogP contribution in [0.5, 0.6) is 11.5 Å². The summed E-state index contributed by atoms with van der Waals surface area (Å²) < 4.78 is 53.9. The Morgan fingerprint density at radius 2 is 1.69 bits per heavy atom. The third kappa shape index (κ3) is 6.95. The topological polar surface area (TPSA) is 115 Å². The molecule has 3 rings (SSSR count). The van der Waals surface area contributed by atoms with E-state index in [9.17, 15) is 23.1 Å². The maximum Gasteiger partial charge on any atom is 0.422 e. The van der Waals surface area contributed by atoms with Crippen molar-refractivity contribution in [2.75, 3.05) is 20.3 Å². The summed E-state index contributed by atoms with van der Waals surface area (Å²) >= 11 is 0. The van der Waals surface area contributed by atoms with Gasteiger partial charge in [0, 0.05) is 23.1 Å². The molecule has 1 heterocycles. The molecule has 0 saturated carbocycles. The number of nitrogens with zero attached hydrogens (tertiary/aromatic N) is 1. The first-order chi connectivity index (χ1) is 18.2. The number of pyridine rings is 1. The number of aryl methyl sites for hydroxylation is 1. The highest BCUT2D eigenvalue weighted by atomic mass is 19.4. The Kier molecular flexibility index (Phi) is 9.05. The van der Waals surface area contributed by atoms with Gasteiger partial charge in [0.25, 0.3) is 0 Å². The number of hydrogen-bond acceptors (Lipinski definition) is 7. The lowest BCUT2D eigenvalue weighted by molar-refractivity contribution is -0.270. The van der Waals surface area contributed by atoms with Crippen molar-refractivity contribution in [1.29, 1.82) is 0 Å². The molecule has 0 saturated heterocycles. The average molecular weight is 547 g/mol. The van der Waals surface area contributed by atoms with Crippen molar-refractivity contribution in [3.8, 4) is 22.8 Å². The lowest BCUT2D eigenvalue weighted by atomic mass is 9.86. The molecule has 4 N–H and O–H groups in total. The van der Waals surface area contributed by atoms with Crippen LogP contribution in [0.25, 0.3) is 11.3 Å². The third-order valence-corrected chi connectivity index (χ3v) is 6.36. The molecule has 0 bridgehead atoms. The molecule has 3 aromatic rings. The summed E-state index contributed by atoms with van der Waals surface area (Å²) in [5.41, 5.74) is 3.32. The van der Waals surface area contributed by atoms with Crippen LogP contribution in [0.4, 0.5) is 13.2 Å². The minimum Gasteiger partial charge on any atom is -0.493 e. The third-order valence-electron chi connectivity index (χ3n) is 6.36. The Labute approximate surface area is 225 Å². The molecule has 0 fully saturated rings. The van der Waals surface area contributed by atoms with Gasteiger partial charge in [-0.1, -0.05) is 29.8 Å². The maximum absolute atomic E-state index is 14.5. The fraction of sp³-hybridized carbons (Fsp3) is 0.379. The lowest BCUT2D eigenvalue weighted by Gasteiger charge is -2.32. The van der Waals surface area contributed by atoms with Gasteiger partial charge in [-0.3, -0.25) is 4.79 Å². The molecule has 0 amide bonds. The number of aliphatic hydroxyl groups is 2. The van der Waals surface area contributed by atoms with Crippen LogP contribution in [-0.2, 0) is 11.1 Å². The molecular formula is C29H33F3N2O5. The van der Waals surface area contributed by atoms with Crippen LogP contribution < -0.4 is 15.2 Å². The zero-order chi connectivity index (χ0) is 29.0. The van der Waals surface area contributed by atoms with Crippen LogP contribution in [0.2, 0.25) is 0 Å². The van der Waals surface area contributed by atoms with Gasteiger partial charge in [-0.25, -0.2) is 4.98 Å². The first-order valence-electron chi connectivity index (χ1n) is 12.3. The number of nitrogens with two attached hydrogens (primary N) is 1. The van der Waals surface area contributed by atoms with E-state index in [0.717, 1.165) is 11.6 Å². The van der Waals surface area contributed by atoms with E-state index in [-0.39, 0.29) is 36.0 Å². The fourth-order valence-electron chi connectivity index (χ4n) is 3.96. The molecule has 210 valence electrons. The van der Waals surface area contributed by atoms with Gasteiger partial charge in [0.15, 0.2) is 17.3 Å². The second-order valence-corrected chi connectivity index (χ2v) is 9.93. The highest BCUT2D eigenvalue weighted by molar-refractivity contribution is 5.96. The molecule has 2 aromatic carbocycles. The number of benzene rings is 2. The molecule has 0 spiro atoms. The van der Waals surface area contributed by atoms with Crippen LogP contribution in [0.3, 0.4) is 0 Å². The Balaban J connectivity index is 2.00. The van der Waals surface area contributed by atoms with Gasteiger partial charge < -0.3 is 25.4 Å². The molecule has 1 aromatic heterocycles. The molecular weight excluding hydrogens is 513 g/mol. The predicted octanol–water partition coefficient (Wildman–Crippen LogP) is 5.04. The second kappa shape index (κ2) is 11.7. The summed E-state index contributed by atoms with van der Waals surface area (Å²) in [6.45, 7) is 4.93. The van der Waals surface area contributed by atoms with Crippen LogP contribution >= 0.6 is 0 Å². The number of aromatic nitrogens is 1. The van der Waals surface area contributed by atoms with E-state index in [4.69, 9.17) is 20.3 Å². The lowest BCUT2D eigenvalue weighted by Crippen LogP contribution is -2.44. The quantitative estimate of drug-likeness (QED) is 0.289. The Bertz CT molecular complexity index is 1300. The minimum atomic E-state index is -5.14. The Hall–Kier alpha value is -3.47. The second-order valence-electron chi connectivity index (χ2n) is 9.93. The van der Waals surface area contributed by atoms with Gasteiger partial charge in [-0.05, 0) is 63.1 Å². The zero-order valence-electron chi connectivity index (χ0n) is 22.3. The monoisotopic (exact) mass is 546 g/mol. The van der Waals surface area contributed by atoms with E-state index < -0.39 is 41.6 Å². The van der Waals surface area contributed by atoms with E-state index in [1.807, 2.05) is 6.92 Å². The molecule has 0 radical (unpaired) electrons. The molecule has 39 heavy (non-hydrogen) atoms. The van der Waals surface area contributed by atoms with Crippen molar-refractivity contribution >= 4 is 5.78 Å². The average Bonchev–Trinajstić information content (AvgIpc) is 2.89. The fourth-order valence-corrected chi connectivity index (χ4v) is 3.96. The highest BCUT2D eigenvalue weighted by Gasteiger charge is 2.56. The van der Waals surface area contributed by atoms with Crippen molar-refractivity contribution in [1.82, 2.24) is 4.98 Å². The number of carbonyl (C=O) groups is 1. The van der Waals surface area contributed by atoms with Crippen molar-refractivity contribution in [3.63, 3.8) is 0 Å². The SMILES string of the molecule is COc1cc(C(=O)CC[C@@](O)(c2cc(C(C)(C)N)cc(-c3ccc(C)cc3)n2)C(F)(F)F)ccc1OCCO. The van der Waals surface area contributed by atoms with Crippen LogP contribution in [0, 0.1) is 6.92 Å². The Morgan fingerprint density at radius 1 is 1.03 bits per heavy atom. The summed E-state index contributed by atoms with van der Waals surface area (Å²) in [5, 5.41) is 20.1. The standard InChI is InChI=1S/C29H33F3N2O5/c1-18-5-7-19(8-6-18)22-16-21(27(2,3)33)17-26(34-22)28(37,29(30,31)32)12-11-23(36)20-9-10-24(39-14-13-35)25(15-20)38-4/h5-10,15-17,35,37H,11-14,33H2,1-4H3/t28-/m1/s1. The van der Waals surface area contributed by atoms with E-state index in [1.165, 1.54) is 25.3 Å². The van der Waals surface area contributed by atoms with Crippen molar-refractivity contribution in [2.45, 2.75) is 50.9 Å². The molecule has 0 aliphatic carbocycles. The largest absolute Gasteiger partial charge is 0.493 e. The molecule has 0 unspecified atom stereocenters. The number of methoxy groups -OCH3 is 1. The number of halogens is 3. The number of rotatable bonds is 11. The van der Waals surface area contributed by atoms with E-state index in [1.54, 1.807) is 44.2 Å². The number of alkyl halides is 3. The predicted molar refractivity (Wildman–Crippen MR) is 141 cm³/mol. The summed E-state index contributed by atoms with van der Waals surface area (Å²) in [4.78, 5) is 17.1. The summed E-state index contributed by atoms with van der Waals surface area (Å²) in [5.74, 6) is -0.189. The summed E-state index contributed by atoms with van der Waals surface area (Å²) in [7, 11) is 1.35. The number of Topliss-reactive ketones (excluding diaryl/α,β-unsaturated/α-hetero) is 1. The number of aliphatic hydroxyl groups excluding tert-OH is 1. The number of hydrogen-bond donors (Lipinski definition) is 3. The van der Waals surface area contributed by atoms with Gasteiger partial charge in [-0.2, -0.15) is 13.2 Å². The van der Waals surface area contributed by atoms with Crippen molar-refractivity contribution in [2.24, 2.45) is 5.73 Å². The number of carbonyl (C=O) groups excluding carboxylic acids is 1. The van der Waals surface area contributed by atoms with Crippen LogP contribution in [0.1, 0.15) is 53.9 Å². The summed E-state index contributed by atoms with van der Waals surface area (Å²) in [6, 6.07) is 14.0. The molecule has 10 heteroatoms. The molecule has 0 aliphatic heterocycles. The summed E-state index contributed by atoms with van der Waals surface area (Å²) in [6.07, 6.45) is -6.73. The van der Waals surface area contributed by atoms with Crippen LogP contribution in [0.15, 0.2) is 54.6 Å². The zero-order valence-corrected chi connectivity index (χ0v) is 22.3. The van der Waals surface area contributed by atoms with Gasteiger partial charge in [0.05, 0.1) is 25.1 Å². The highest BCUT2D eigenvalue weighted by Crippen LogP contribution is 2.43. The number of ether oxygens (including phenoxy) is 2. The van der Waals surface area contributed by atoms with Crippen molar-refractivity contribution < 1.29 is 37.7 Å². The van der Waals surface area contributed by atoms with E-state index in [2.05, 4.69) is 4.98 Å². The van der Waals surface area contributed by atoms with Gasteiger partial charge in [-0.15, -0.1) is 0 Å². The molecule has 1 atom stereocenters. The van der Waals surface area contributed by atoms with Gasteiger partial charge in [0.1, 0.15) is 6.61 Å². The first kappa shape index (κ1) is 30.1. The smallest absolute Gasteiger partial charge is 0.422 e. The van der Waals surface area contributed by atoms with Gasteiger partial charge >= 0.3 is 6.18 Å². The van der Waals surface area contributed by atoms with Crippen LogP contribution in [-0.4, -0.2) is 47.5 Å². The van der Waals surface area contributed by atoms with Crippen molar-refractivity contribution in [3.05, 3.63) is 77.0 Å². The normalized spacial score (nSPS) is 13.6. The van der Waals surface area contributed by atoms with Gasteiger partial charge in [0.2, 0.25) is 5.60 Å². The number of ketones is 1. The maximum atomic E-state index is 14.5. The first-order valence-corrected chi connectivity index (χ1v) is 12.3.